The summed E-state index contributed by atoms with van der Waals surface area (Å²) in [6.45, 7) is 18.4. The van der Waals surface area contributed by atoms with Gasteiger partial charge in [0.15, 0.2) is 0 Å². The lowest BCUT2D eigenvalue weighted by Gasteiger charge is -2.47. The highest BCUT2D eigenvalue weighted by atomic mass is 31.2. The van der Waals surface area contributed by atoms with Gasteiger partial charge in [0, 0.05) is 10.6 Å². The van der Waals surface area contributed by atoms with Crippen LogP contribution in [-0.2, 0) is 0 Å². The predicted molar refractivity (Wildman–Crippen MR) is 239 cm³/mol. The van der Waals surface area contributed by atoms with E-state index in [2.05, 4.69) is 219 Å². The second kappa shape index (κ2) is 16.8. The average molecular weight is 734 g/mol. The first-order chi connectivity index (χ1) is 25.6. The SMILES string of the molecule is CC(C)c1cccc(C(C)C)c1N=P(C=P([N-]c1c(C(C)C)cccc1C(C)C)(c1ccccc1)c1ccccc1)(c1ccccc1)c1ccccc1. The monoisotopic (exact) mass is 733 g/mol. The molecule has 0 aliphatic heterocycles. The van der Waals surface area contributed by atoms with Crippen LogP contribution in [0, 0.1) is 0 Å². The van der Waals surface area contributed by atoms with E-state index in [-0.39, 0.29) is 0 Å². The van der Waals surface area contributed by atoms with Crippen molar-refractivity contribution in [1.82, 2.24) is 0 Å². The summed E-state index contributed by atoms with van der Waals surface area (Å²) >= 11 is 0. The Labute approximate surface area is 319 Å². The molecule has 53 heavy (non-hydrogen) atoms. The van der Waals surface area contributed by atoms with Crippen molar-refractivity contribution < 1.29 is 0 Å². The van der Waals surface area contributed by atoms with Crippen LogP contribution < -0.4 is 21.2 Å². The Kier molecular flexibility index (Phi) is 12.1. The Morgan fingerprint density at radius 3 is 1.06 bits per heavy atom. The van der Waals surface area contributed by atoms with Gasteiger partial charge in [0.2, 0.25) is 0 Å². The molecule has 0 aromatic heterocycles. The van der Waals surface area contributed by atoms with E-state index in [9.17, 15) is 0 Å². The molecule has 4 heteroatoms. The van der Waals surface area contributed by atoms with Crippen LogP contribution >= 0.6 is 14.1 Å². The molecule has 0 amide bonds. The van der Waals surface area contributed by atoms with E-state index >= 15 is 0 Å². The molecule has 0 unspecified atom stereocenters. The van der Waals surface area contributed by atoms with Crippen LogP contribution in [0.1, 0.15) is 101 Å². The zero-order valence-corrected chi connectivity index (χ0v) is 34.5. The van der Waals surface area contributed by atoms with E-state index in [1.54, 1.807) is 0 Å². The van der Waals surface area contributed by atoms with Crippen molar-refractivity contribution in [3.05, 3.63) is 185 Å². The lowest BCUT2D eigenvalue weighted by molar-refractivity contribution is 0.835. The van der Waals surface area contributed by atoms with Crippen LogP contribution in [0.25, 0.3) is 5.09 Å². The maximum Gasteiger partial charge on any atom is 0.0694 e. The third-order valence-electron chi connectivity index (χ3n) is 10.1. The lowest BCUT2D eigenvalue weighted by Crippen LogP contribution is -2.23. The average Bonchev–Trinajstić information content (AvgIpc) is 3.18. The van der Waals surface area contributed by atoms with Crippen molar-refractivity contribution in [2.24, 2.45) is 4.74 Å². The Balaban J connectivity index is 1.93. The molecule has 0 saturated heterocycles. The van der Waals surface area contributed by atoms with E-state index in [1.165, 1.54) is 43.5 Å². The normalized spacial score (nSPS) is 12.1. The zero-order chi connectivity index (χ0) is 37.6. The predicted octanol–water partition coefficient (Wildman–Crippen LogP) is 13.7. The topological polar surface area (TPSA) is 26.5 Å². The molecule has 6 aromatic rings. The molecule has 0 saturated carbocycles. The molecule has 0 fully saturated rings. The smallest absolute Gasteiger partial charge is 0.0694 e. The van der Waals surface area contributed by atoms with E-state index < -0.39 is 14.1 Å². The summed E-state index contributed by atoms with van der Waals surface area (Å²) in [5.41, 5.74) is 10.1. The summed E-state index contributed by atoms with van der Waals surface area (Å²) in [5, 5.41) is 11.2. The molecule has 0 aliphatic carbocycles. The minimum Gasteiger partial charge on any atom is -0.652 e. The standard InChI is InChI=1S/C49H55N2P2/c1-36(2)44-31-21-32-45(37(3)4)48(44)50-52(40-23-13-9-14-24-40,41-25-15-10-16-26-41)35-53(42-27-17-11-18-28-42,43-29-19-12-20-30-43)51-49-46(38(5)6)33-22-34-47(49)39(7)8/h9-39H,1-8H3/q-1. The number of hydrogen-bond acceptors (Lipinski definition) is 1. The first-order valence-corrected chi connectivity index (χ1v) is 22.8. The Morgan fingerprint density at radius 2 is 0.717 bits per heavy atom. The highest BCUT2D eigenvalue weighted by Gasteiger charge is 2.29. The van der Waals surface area contributed by atoms with Gasteiger partial charge in [-0.2, -0.15) is 0 Å². The van der Waals surface area contributed by atoms with Gasteiger partial charge in [-0.25, -0.2) is 0 Å². The third kappa shape index (κ3) is 7.97. The van der Waals surface area contributed by atoms with Gasteiger partial charge < -0.3 is 5.09 Å². The van der Waals surface area contributed by atoms with Crippen LogP contribution in [-0.4, -0.2) is 5.54 Å². The van der Waals surface area contributed by atoms with Gasteiger partial charge >= 0.3 is 0 Å². The quantitative estimate of drug-likeness (QED) is 0.112. The molecular formula is C49H55N2P2-. The lowest BCUT2D eigenvalue weighted by atomic mass is 9.93. The van der Waals surface area contributed by atoms with Gasteiger partial charge in [0.05, 0.1) is 12.7 Å². The number of nitrogens with zero attached hydrogens (tertiary/aromatic N) is 2. The van der Waals surface area contributed by atoms with Crippen LogP contribution in [0.2, 0.25) is 0 Å². The summed E-state index contributed by atoms with van der Waals surface area (Å²) in [7, 11) is -5.54. The second-order valence-electron chi connectivity index (χ2n) is 15.2. The Hall–Kier alpha value is -4.35. The summed E-state index contributed by atoms with van der Waals surface area (Å²) in [5.74, 6) is 1.22. The first kappa shape index (κ1) is 38.4. The largest absolute Gasteiger partial charge is 0.652 e. The van der Waals surface area contributed by atoms with Crippen LogP contribution in [0.3, 0.4) is 0 Å². The molecule has 0 N–H and O–H groups in total. The molecule has 6 rings (SSSR count). The molecule has 2 nitrogen and oxygen atoms in total. The summed E-state index contributed by atoms with van der Waals surface area (Å²) in [6.07, 6.45) is 0. The minimum atomic E-state index is -2.77. The molecule has 6 aromatic carbocycles. The molecular weight excluding hydrogens is 679 g/mol. The van der Waals surface area contributed by atoms with E-state index in [0.717, 1.165) is 11.4 Å². The van der Waals surface area contributed by atoms with Crippen molar-refractivity contribution in [1.29, 1.82) is 0 Å². The van der Waals surface area contributed by atoms with Crippen molar-refractivity contribution in [2.45, 2.75) is 79.1 Å². The number of benzene rings is 6. The Bertz CT molecular complexity index is 2080. The fourth-order valence-corrected chi connectivity index (χ4v) is 16.4. The van der Waals surface area contributed by atoms with Gasteiger partial charge in [0.1, 0.15) is 0 Å². The van der Waals surface area contributed by atoms with Gasteiger partial charge in [-0.1, -0.05) is 224 Å². The van der Waals surface area contributed by atoms with Gasteiger partial charge in [-0.15, -0.1) is 12.7 Å². The molecule has 0 bridgehead atoms. The maximum atomic E-state index is 6.29. The van der Waals surface area contributed by atoms with Crippen LogP contribution in [0.4, 0.5) is 11.4 Å². The summed E-state index contributed by atoms with van der Waals surface area (Å²) < 4.78 is 6.29. The van der Waals surface area contributed by atoms with E-state index in [1.807, 2.05) is 0 Å². The van der Waals surface area contributed by atoms with Crippen molar-refractivity contribution in [2.75, 3.05) is 0 Å². The Morgan fingerprint density at radius 1 is 0.396 bits per heavy atom. The van der Waals surface area contributed by atoms with Crippen molar-refractivity contribution in [3.8, 4) is 0 Å². The van der Waals surface area contributed by atoms with Crippen LogP contribution in [0.5, 0.6) is 0 Å². The summed E-state index contributed by atoms with van der Waals surface area (Å²) in [6, 6.07) is 58.0. The molecule has 0 aliphatic rings. The first-order valence-electron chi connectivity index (χ1n) is 19.2. The number of rotatable bonds is 12. The third-order valence-corrected chi connectivity index (χ3v) is 18.2. The molecule has 272 valence electrons. The van der Waals surface area contributed by atoms with Gasteiger partial charge in [-0.3, -0.25) is 4.74 Å². The second-order valence-corrected chi connectivity index (χ2v) is 21.3. The van der Waals surface area contributed by atoms with Gasteiger partial charge in [-0.05, 0) is 50.9 Å². The minimum absolute atomic E-state index is 0.305. The number of hydrogen-bond donors (Lipinski definition) is 0. The fourth-order valence-electron chi connectivity index (χ4n) is 7.28. The van der Waals surface area contributed by atoms with E-state index in [0.29, 0.717) is 23.7 Å². The zero-order valence-electron chi connectivity index (χ0n) is 32.7. The summed E-state index contributed by atoms with van der Waals surface area (Å²) in [4.78, 5) is 0. The molecule has 0 spiro atoms. The van der Waals surface area contributed by atoms with Crippen molar-refractivity contribution >= 4 is 52.2 Å². The highest BCUT2D eigenvalue weighted by molar-refractivity contribution is 8.09. The maximum absolute atomic E-state index is 6.29. The molecule has 0 atom stereocenters. The van der Waals surface area contributed by atoms with Crippen LogP contribution in [0.15, 0.2) is 162 Å². The van der Waals surface area contributed by atoms with E-state index in [4.69, 9.17) is 9.83 Å². The fraction of sp³-hybridized carbons (Fsp3) is 0.245. The van der Waals surface area contributed by atoms with Crippen molar-refractivity contribution in [3.63, 3.8) is 0 Å². The molecule has 0 heterocycles. The molecule has 0 radical (unpaired) electrons. The van der Waals surface area contributed by atoms with Gasteiger partial charge in [0.25, 0.3) is 0 Å². The highest BCUT2D eigenvalue weighted by Crippen LogP contribution is 2.65.